The quantitative estimate of drug-likeness (QED) is 0.785. The van der Waals surface area contributed by atoms with Crippen molar-refractivity contribution in [2.45, 2.75) is 6.42 Å². The highest BCUT2D eigenvalue weighted by Gasteiger charge is 2.35. The van der Waals surface area contributed by atoms with Gasteiger partial charge in [0.2, 0.25) is 5.91 Å². The van der Waals surface area contributed by atoms with Gasteiger partial charge in [-0.05, 0) is 18.2 Å². The first-order chi connectivity index (χ1) is 9.52. The first-order valence-corrected chi connectivity index (χ1v) is 6.40. The molecule has 1 unspecified atom stereocenters. The number of aliphatic hydroxyl groups excluding tert-OH is 1. The normalized spacial score (nSPS) is 21.9. The lowest BCUT2D eigenvalue weighted by molar-refractivity contribution is -0.117. The maximum Gasteiger partial charge on any atom is 0.261 e. The Balaban J connectivity index is 1.97. The fourth-order valence-electron chi connectivity index (χ4n) is 2.67. The molecule has 104 valence electrons. The van der Waals surface area contributed by atoms with E-state index in [4.69, 9.17) is 5.11 Å². The molecular weight excluding hydrogens is 260 g/mol. The third-order valence-electron chi connectivity index (χ3n) is 3.85. The summed E-state index contributed by atoms with van der Waals surface area (Å²) in [5.41, 5.74) is 1.29. The average molecular weight is 274 g/mol. The van der Waals surface area contributed by atoms with Gasteiger partial charge in [0.25, 0.3) is 11.8 Å². The Bertz CT molecular complexity index is 626. The molecule has 1 aromatic carbocycles. The Hall–Kier alpha value is -2.21. The van der Waals surface area contributed by atoms with Gasteiger partial charge in [-0.2, -0.15) is 0 Å². The number of hydrogen-bond acceptors (Lipinski definition) is 4. The van der Waals surface area contributed by atoms with Crippen molar-refractivity contribution in [2.75, 3.05) is 25.1 Å². The summed E-state index contributed by atoms with van der Waals surface area (Å²) in [7, 11) is 1.44. The lowest BCUT2D eigenvalue weighted by Crippen LogP contribution is -2.25. The Kier molecular flexibility index (Phi) is 2.83. The van der Waals surface area contributed by atoms with E-state index in [-0.39, 0.29) is 30.2 Å². The van der Waals surface area contributed by atoms with Crippen molar-refractivity contribution in [3.8, 4) is 0 Å². The summed E-state index contributed by atoms with van der Waals surface area (Å²) in [5, 5.41) is 9.13. The van der Waals surface area contributed by atoms with Crippen molar-refractivity contribution in [2.24, 2.45) is 5.92 Å². The summed E-state index contributed by atoms with van der Waals surface area (Å²) in [4.78, 5) is 38.3. The highest BCUT2D eigenvalue weighted by Crippen LogP contribution is 2.30. The number of carbonyl (C=O) groups is 3. The van der Waals surface area contributed by atoms with E-state index in [0.29, 0.717) is 29.8 Å². The Morgan fingerprint density at radius 3 is 2.55 bits per heavy atom. The third kappa shape index (κ3) is 1.72. The molecule has 0 saturated carbocycles. The van der Waals surface area contributed by atoms with E-state index >= 15 is 0 Å². The highest BCUT2D eigenvalue weighted by molar-refractivity contribution is 6.21. The van der Waals surface area contributed by atoms with Gasteiger partial charge in [0, 0.05) is 38.2 Å². The summed E-state index contributed by atoms with van der Waals surface area (Å²) in [6.45, 7) is 0.402. The predicted octanol–water partition coefficient (Wildman–Crippen LogP) is 0.258. The first kappa shape index (κ1) is 12.8. The van der Waals surface area contributed by atoms with Crippen molar-refractivity contribution < 1.29 is 19.5 Å². The number of benzene rings is 1. The zero-order valence-corrected chi connectivity index (χ0v) is 11.0. The Morgan fingerprint density at radius 2 is 1.90 bits per heavy atom. The van der Waals surface area contributed by atoms with Crippen LogP contribution in [0.25, 0.3) is 0 Å². The van der Waals surface area contributed by atoms with Gasteiger partial charge in [-0.25, -0.2) is 0 Å². The fraction of sp³-hybridized carbons (Fsp3) is 0.357. The number of nitrogens with zero attached hydrogens (tertiary/aromatic N) is 2. The molecule has 1 atom stereocenters. The number of aliphatic hydroxyl groups is 1. The van der Waals surface area contributed by atoms with E-state index in [2.05, 4.69) is 0 Å². The van der Waals surface area contributed by atoms with E-state index in [1.807, 2.05) is 0 Å². The van der Waals surface area contributed by atoms with Crippen LogP contribution < -0.4 is 4.90 Å². The maximum absolute atomic E-state index is 11.9. The van der Waals surface area contributed by atoms with Crippen LogP contribution in [0.1, 0.15) is 27.1 Å². The molecule has 6 heteroatoms. The number of anilines is 1. The van der Waals surface area contributed by atoms with Crippen LogP contribution in [0.2, 0.25) is 0 Å². The summed E-state index contributed by atoms with van der Waals surface area (Å²) in [5.74, 6) is -0.820. The van der Waals surface area contributed by atoms with Crippen LogP contribution in [0.3, 0.4) is 0 Å². The lowest BCUT2D eigenvalue weighted by Gasteiger charge is -2.16. The van der Waals surface area contributed by atoms with Gasteiger partial charge in [-0.15, -0.1) is 0 Å². The number of amides is 3. The summed E-state index contributed by atoms with van der Waals surface area (Å²) < 4.78 is 0. The van der Waals surface area contributed by atoms with Crippen molar-refractivity contribution in [3.05, 3.63) is 29.3 Å². The molecule has 3 rings (SSSR count). The van der Waals surface area contributed by atoms with Crippen LogP contribution in [0, 0.1) is 5.92 Å². The van der Waals surface area contributed by atoms with Gasteiger partial charge in [0.05, 0.1) is 11.1 Å². The Morgan fingerprint density at radius 1 is 1.20 bits per heavy atom. The standard InChI is InChI=1S/C14H14N2O4/c1-15-13(19)10-3-2-9(5-11(10)14(15)20)16-6-8(7-17)4-12(16)18/h2-3,5,8,17H,4,6-7H2,1H3. The molecule has 3 amide bonds. The van der Waals surface area contributed by atoms with Crippen molar-refractivity contribution in [1.29, 1.82) is 0 Å². The highest BCUT2D eigenvalue weighted by atomic mass is 16.3. The SMILES string of the molecule is CN1C(=O)c2ccc(N3CC(CO)CC3=O)cc2C1=O. The van der Waals surface area contributed by atoms with Crippen LogP contribution in [-0.4, -0.2) is 47.9 Å². The number of fused-ring (bicyclic) bond motifs is 1. The summed E-state index contributed by atoms with van der Waals surface area (Å²) in [6, 6.07) is 4.82. The summed E-state index contributed by atoms with van der Waals surface area (Å²) in [6.07, 6.45) is 0.306. The van der Waals surface area contributed by atoms with Crippen LogP contribution in [-0.2, 0) is 4.79 Å². The van der Waals surface area contributed by atoms with Gasteiger partial charge in [-0.3, -0.25) is 19.3 Å². The van der Waals surface area contributed by atoms with E-state index < -0.39 is 0 Å². The van der Waals surface area contributed by atoms with Crippen molar-refractivity contribution >= 4 is 23.4 Å². The molecule has 0 radical (unpaired) electrons. The zero-order valence-electron chi connectivity index (χ0n) is 11.0. The average Bonchev–Trinajstić information content (AvgIpc) is 2.93. The van der Waals surface area contributed by atoms with Gasteiger partial charge >= 0.3 is 0 Å². The minimum atomic E-state index is -0.350. The molecule has 0 bridgehead atoms. The monoisotopic (exact) mass is 274 g/mol. The number of carbonyl (C=O) groups excluding carboxylic acids is 3. The fourth-order valence-corrected chi connectivity index (χ4v) is 2.67. The molecule has 2 aliphatic rings. The minimum absolute atomic E-state index is 0.0344. The van der Waals surface area contributed by atoms with Crippen LogP contribution >= 0.6 is 0 Å². The molecule has 20 heavy (non-hydrogen) atoms. The smallest absolute Gasteiger partial charge is 0.261 e. The second-order valence-electron chi connectivity index (χ2n) is 5.16. The Labute approximate surface area is 115 Å². The lowest BCUT2D eigenvalue weighted by atomic mass is 10.1. The molecule has 1 saturated heterocycles. The number of rotatable bonds is 2. The van der Waals surface area contributed by atoms with Gasteiger partial charge in [0.1, 0.15) is 0 Å². The van der Waals surface area contributed by atoms with Gasteiger partial charge in [-0.1, -0.05) is 0 Å². The molecule has 0 spiro atoms. The molecule has 1 aromatic rings. The van der Waals surface area contributed by atoms with Crippen LogP contribution in [0.15, 0.2) is 18.2 Å². The molecule has 1 fully saturated rings. The van der Waals surface area contributed by atoms with E-state index in [9.17, 15) is 14.4 Å². The second-order valence-corrected chi connectivity index (χ2v) is 5.16. The van der Waals surface area contributed by atoms with Crippen molar-refractivity contribution in [1.82, 2.24) is 4.90 Å². The third-order valence-corrected chi connectivity index (χ3v) is 3.85. The number of hydrogen-bond donors (Lipinski definition) is 1. The predicted molar refractivity (Wildman–Crippen MR) is 70.4 cm³/mol. The van der Waals surface area contributed by atoms with Crippen molar-refractivity contribution in [3.63, 3.8) is 0 Å². The maximum atomic E-state index is 11.9. The molecule has 0 aromatic heterocycles. The summed E-state index contributed by atoms with van der Waals surface area (Å²) >= 11 is 0. The van der Waals surface area contributed by atoms with Gasteiger partial charge in [0.15, 0.2) is 0 Å². The number of imide groups is 1. The zero-order chi connectivity index (χ0) is 14.4. The van der Waals surface area contributed by atoms with Crippen LogP contribution in [0.4, 0.5) is 5.69 Å². The second kappa shape index (κ2) is 4.42. The minimum Gasteiger partial charge on any atom is -0.396 e. The molecule has 2 heterocycles. The van der Waals surface area contributed by atoms with E-state index in [1.54, 1.807) is 23.1 Å². The van der Waals surface area contributed by atoms with Crippen LogP contribution in [0.5, 0.6) is 0 Å². The van der Waals surface area contributed by atoms with Gasteiger partial charge < -0.3 is 10.0 Å². The van der Waals surface area contributed by atoms with E-state index in [0.717, 1.165) is 4.90 Å². The molecule has 0 aliphatic carbocycles. The first-order valence-electron chi connectivity index (χ1n) is 6.40. The van der Waals surface area contributed by atoms with E-state index in [1.165, 1.54) is 7.05 Å². The molecular formula is C14H14N2O4. The topological polar surface area (TPSA) is 77.9 Å². The molecule has 2 aliphatic heterocycles. The largest absolute Gasteiger partial charge is 0.396 e. The molecule has 6 nitrogen and oxygen atoms in total. The molecule has 1 N–H and O–H groups in total.